The van der Waals surface area contributed by atoms with Gasteiger partial charge in [-0.05, 0) is 38.6 Å². The predicted molar refractivity (Wildman–Crippen MR) is 58.4 cm³/mol. The van der Waals surface area contributed by atoms with E-state index in [-0.39, 0.29) is 11.9 Å². The number of rotatable bonds is 2. The molecule has 0 aliphatic heterocycles. The Morgan fingerprint density at radius 3 is 2.73 bits per heavy atom. The third-order valence-electron chi connectivity index (χ3n) is 2.73. The lowest BCUT2D eigenvalue weighted by Crippen LogP contribution is -2.10. The van der Waals surface area contributed by atoms with Crippen molar-refractivity contribution in [3.05, 3.63) is 35.3 Å². The van der Waals surface area contributed by atoms with Gasteiger partial charge in [0.1, 0.15) is 5.76 Å². The number of fused-ring (bicyclic) bond motifs is 1. The van der Waals surface area contributed by atoms with Crippen LogP contribution in [0.25, 0.3) is 11.0 Å². The van der Waals surface area contributed by atoms with Crippen LogP contribution in [-0.4, -0.2) is 7.05 Å². The van der Waals surface area contributed by atoms with Gasteiger partial charge in [-0.3, -0.25) is 0 Å². The first kappa shape index (κ1) is 10.2. The fraction of sp³-hybridized carbons (Fsp3) is 0.333. The quantitative estimate of drug-likeness (QED) is 0.818. The molecule has 1 aromatic heterocycles. The number of aryl methyl sites for hydroxylation is 1. The Hall–Kier alpha value is -1.35. The van der Waals surface area contributed by atoms with Gasteiger partial charge < -0.3 is 9.73 Å². The standard InChI is InChI=1S/C12H14FNO/c1-7-4-5-10(13)12-9(7)6-11(15-12)8(2)14-3/h4-6,8,14H,1-3H3. The lowest BCUT2D eigenvalue weighted by atomic mass is 10.1. The summed E-state index contributed by atoms with van der Waals surface area (Å²) in [4.78, 5) is 0. The molecule has 1 unspecified atom stereocenters. The van der Waals surface area contributed by atoms with Crippen LogP contribution in [0.5, 0.6) is 0 Å². The molecule has 0 aliphatic carbocycles. The molecule has 2 rings (SSSR count). The number of nitrogens with one attached hydrogen (secondary N) is 1. The Labute approximate surface area is 88.1 Å². The maximum absolute atomic E-state index is 13.4. The summed E-state index contributed by atoms with van der Waals surface area (Å²) < 4.78 is 18.9. The van der Waals surface area contributed by atoms with Gasteiger partial charge in [-0.25, -0.2) is 4.39 Å². The van der Waals surface area contributed by atoms with Gasteiger partial charge in [0.05, 0.1) is 6.04 Å². The van der Waals surface area contributed by atoms with E-state index in [1.165, 1.54) is 6.07 Å². The van der Waals surface area contributed by atoms with Crippen molar-refractivity contribution in [3.63, 3.8) is 0 Å². The predicted octanol–water partition coefficient (Wildman–Crippen LogP) is 3.16. The van der Waals surface area contributed by atoms with E-state index < -0.39 is 0 Å². The fourth-order valence-electron chi connectivity index (χ4n) is 1.60. The second kappa shape index (κ2) is 3.66. The summed E-state index contributed by atoms with van der Waals surface area (Å²) in [6.45, 7) is 3.93. The van der Waals surface area contributed by atoms with Crippen LogP contribution in [0, 0.1) is 12.7 Å². The zero-order valence-corrected chi connectivity index (χ0v) is 9.10. The summed E-state index contributed by atoms with van der Waals surface area (Å²) in [5.41, 5.74) is 1.39. The van der Waals surface area contributed by atoms with E-state index in [2.05, 4.69) is 5.32 Å². The molecule has 0 spiro atoms. The van der Waals surface area contributed by atoms with Gasteiger partial charge in [0, 0.05) is 5.39 Å². The summed E-state index contributed by atoms with van der Waals surface area (Å²) in [7, 11) is 1.85. The maximum Gasteiger partial charge on any atom is 0.170 e. The van der Waals surface area contributed by atoms with E-state index in [9.17, 15) is 4.39 Å². The van der Waals surface area contributed by atoms with Gasteiger partial charge in [-0.15, -0.1) is 0 Å². The van der Waals surface area contributed by atoms with E-state index in [0.29, 0.717) is 5.58 Å². The fourth-order valence-corrected chi connectivity index (χ4v) is 1.60. The van der Waals surface area contributed by atoms with Crippen LogP contribution < -0.4 is 5.32 Å². The number of furan rings is 1. The molecule has 0 fully saturated rings. The Balaban J connectivity index is 2.64. The molecule has 0 aliphatic rings. The van der Waals surface area contributed by atoms with Crippen molar-refractivity contribution in [1.82, 2.24) is 5.32 Å². The summed E-state index contributed by atoms with van der Waals surface area (Å²) in [6, 6.07) is 5.20. The normalized spacial score (nSPS) is 13.3. The third kappa shape index (κ3) is 1.63. The summed E-state index contributed by atoms with van der Waals surface area (Å²) in [5.74, 6) is 0.464. The first-order chi connectivity index (χ1) is 7.13. The van der Waals surface area contributed by atoms with Gasteiger partial charge >= 0.3 is 0 Å². The number of hydrogen-bond acceptors (Lipinski definition) is 2. The van der Waals surface area contributed by atoms with Crippen molar-refractivity contribution >= 4 is 11.0 Å². The SMILES string of the molecule is CNC(C)c1cc2c(C)ccc(F)c2o1. The minimum Gasteiger partial charge on any atom is -0.456 e. The monoisotopic (exact) mass is 207 g/mol. The van der Waals surface area contributed by atoms with Crippen molar-refractivity contribution < 1.29 is 8.81 Å². The topological polar surface area (TPSA) is 25.2 Å². The maximum atomic E-state index is 13.4. The molecule has 3 heteroatoms. The van der Waals surface area contributed by atoms with Gasteiger partial charge in [-0.1, -0.05) is 6.07 Å². The van der Waals surface area contributed by atoms with Crippen LogP contribution in [0.3, 0.4) is 0 Å². The zero-order valence-electron chi connectivity index (χ0n) is 9.10. The molecular formula is C12H14FNO. The molecule has 0 amide bonds. The first-order valence-corrected chi connectivity index (χ1v) is 4.99. The van der Waals surface area contributed by atoms with E-state index in [1.54, 1.807) is 6.07 Å². The smallest absolute Gasteiger partial charge is 0.170 e. The average Bonchev–Trinajstić information content (AvgIpc) is 2.68. The molecule has 2 nitrogen and oxygen atoms in total. The Kier molecular flexibility index (Phi) is 2.49. The largest absolute Gasteiger partial charge is 0.456 e. The summed E-state index contributed by atoms with van der Waals surface area (Å²) >= 11 is 0. The van der Waals surface area contributed by atoms with Gasteiger partial charge in [0.25, 0.3) is 0 Å². The molecule has 80 valence electrons. The van der Waals surface area contributed by atoms with E-state index in [1.807, 2.05) is 27.0 Å². The molecule has 1 aromatic carbocycles. The van der Waals surface area contributed by atoms with E-state index in [4.69, 9.17) is 4.42 Å². The lowest BCUT2D eigenvalue weighted by molar-refractivity contribution is 0.462. The van der Waals surface area contributed by atoms with Gasteiger partial charge in [0.2, 0.25) is 0 Å². The Morgan fingerprint density at radius 1 is 1.40 bits per heavy atom. The van der Waals surface area contributed by atoms with Crippen molar-refractivity contribution in [2.75, 3.05) is 7.05 Å². The van der Waals surface area contributed by atoms with E-state index >= 15 is 0 Å². The molecule has 2 aromatic rings. The van der Waals surface area contributed by atoms with Crippen LogP contribution >= 0.6 is 0 Å². The Morgan fingerprint density at radius 2 is 2.13 bits per heavy atom. The molecule has 0 radical (unpaired) electrons. The minimum absolute atomic E-state index is 0.0937. The third-order valence-corrected chi connectivity index (χ3v) is 2.73. The van der Waals surface area contributed by atoms with Crippen molar-refractivity contribution in [2.45, 2.75) is 19.9 Å². The van der Waals surface area contributed by atoms with Gasteiger partial charge in [0.15, 0.2) is 11.4 Å². The van der Waals surface area contributed by atoms with Crippen LogP contribution in [0.15, 0.2) is 22.6 Å². The van der Waals surface area contributed by atoms with Crippen molar-refractivity contribution in [1.29, 1.82) is 0 Å². The molecule has 0 saturated heterocycles. The van der Waals surface area contributed by atoms with E-state index in [0.717, 1.165) is 16.7 Å². The van der Waals surface area contributed by atoms with Crippen LogP contribution in [0.2, 0.25) is 0 Å². The first-order valence-electron chi connectivity index (χ1n) is 4.99. The molecule has 1 atom stereocenters. The minimum atomic E-state index is -0.301. The molecule has 1 heterocycles. The average molecular weight is 207 g/mol. The lowest BCUT2D eigenvalue weighted by Gasteiger charge is -2.04. The number of halogens is 1. The van der Waals surface area contributed by atoms with Crippen molar-refractivity contribution in [3.8, 4) is 0 Å². The van der Waals surface area contributed by atoms with Gasteiger partial charge in [-0.2, -0.15) is 0 Å². The highest BCUT2D eigenvalue weighted by molar-refractivity contribution is 5.82. The molecule has 1 N–H and O–H groups in total. The second-order valence-electron chi connectivity index (χ2n) is 3.77. The highest BCUT2D eigenvalue weighted by Crippen LogP contribution is 2.28. The van der Waals surface area contributed by atoms with Crippen LogP contribution in [0.4, 0.5) is 4.39 Å². The second-order valence-corrected chi connectivity index (χ2v) is 3.77. The Bertz CT molecular complexity index is 451. The summed E-state index contributed by atoms with van der Waals surface area (Å²) in [6.07, 6.45) is 0. The number of benzene rings is 1. The highest BCUT2D eigenvalue weighted by atomic mass is 19.1. The highest BCUT2D eigenvalue weighted by Gasteiger charge is 2.13. The number of hydrogen-bond donors (Lipinski definition) is 1. The molecular weight excluding hydrogens is 193 g/mol. The molecule has 0 bridgehead atoms. The van der Waals surface area contributed by atoms with Crippen molar-refractivity contribution in [2.24, 2.45) is 0 Å². The summed E-state index contributed by atoms with van der Waals surface area (Å²) in [5, 5.41) is 3.92. The molecule has 0 saturated carbocycles. The van der Waals surface area contributed by atoms with Crippen LogP contribution in [0.1, 0.15) is 24.3 Å². The zero-order chi connectivity index (χ0) is 11.0. The van der Waals surface area contributed by atoms with Crippen LogP contribution in [-0.2, 0) is 0 Å². The molecule has 15 heavy (non-hydrogen) atoms.